The molecule has 4 saturated carbocycles. The SMILES string of the molecule is C/C=C1\CCC2C3C(O)[C@H](O)C4C[C@@H](N)CC[C@]4(C)C3CC[C@]12C. The van der Waals surface area contributed by atoms with Crippen molar-refractivity contribution in [2.45, 2.75) is 84.0 Å². The van der Waals surface area contributed by atoms with Crippen LogP contribution in [0.3, 0.4) is 0 Å². The van der Waals surface area contributed by atoms with Gasteiger partial charge in [-0.05, 0) is 86.4 Å². The first-order valence-electron chi connectivity index (χ1n) is 10.1. The van der Waals surface area contributed by atoms with Crippen LogP contribution in [-0.4, -0.2) is 28.5 Å². The van der Waals surface area contributed by atoms with Crippen LogP contribution in [-0.2, 0) is 0 Å². The molecule has 5 unspecified atom stereocenters. The van der Waals surface area contributed by atoms with E-state index in [0.29, 0.717) is 11.8 Å². The normalized spacial score (nSPS) is 58.9. The number of hydrogen-bond acceptors (Lipinski definition) is 3. The molecule has 136 valence electrons. The molecule has 0 aromatic carbocycles. The van der Waals surface area contributed by atoms with Crippen LogP contribution in [0, 0.1) is 34.5 Å². The summed E-state index contributed by atoms with van der Waals surface area (Å²) in [5.74, 6) is 1.50. The third-order valence-corrected chi connectivity index (χ3v) is 8.99. The summed E-state index contributed by atoms with van der Waals surface area (Å²) >= 11 is 0. The number of aliphatic hydroxyl groups is 2. The summed E-state index contributed by atoms with van der Waals surface area (Å²) in [6.45, 7) is 6.98. The van der Waals surface area contributed by atoms with Gasteiger partial charge in [0.1, 0.15) is 0 Å². The number of rotatable bonds is 0. The van der Waals surface area contributed by atoms with Crippen LogP contribution in [0.15, 0.2) is 11.6 Å². The predicted octanol–water partition coefficient (Wildman–Crippen LogP) is 3.24. The Morgan fingerprint density at radius 3 is 2.46 bits per heavy atom. The highest BCUT2D eigenvalue weighted by molar-refractivity contribution is 5.25. The monoisotopic (exact) mass is 333 g/mol. The van der Waals surface area contributed by atoms with Crippen molar-refractivity contribution >= 4 is 0 Å². The van der Waals surface area contributed by atoms with Gasteiger partial charge in [0.05, 0.1) is 12.2 Å². The van der Waals surface area contributed by atoms with Gasteiger partial charge in [0.15, 0.2) is 0 Å². The second-order valence-corrected chi connectivity index (χ2v) is 9.73. The van der Waals surface area contributed by atoms with Crippen molar-refractivity contribution in [3.8, 4) is 0 Å². The third kappa shape index (κ3) is 2.07. The maximum Gasteiger partial charge on any atom is 0.0836 e. The van der Waals surface area contributed by atoms with Crippen LogP contribution >= 0.6 is 0 Å². The first-order chi connectivity index (χ1) is 11.3. The first-order valence-corrected chi connectivity index (χ1v) is 10.1. The van der Waals surface area contributed by atoms with Crippen LogP contribution in [0.1, 0.15) is 65.7 Å². The summed E-state index contributed by atoms with van der Waals surface area (Å²) in [5, 5.41) is 22.1. The van der Waals surface area contributed by atoms with E-state index in [2.05, 4.69) is 26.8 Å². The highest BCUT2D eigenvalue weighted by atomic mass is 16.3. The quantitative estimate of drug-likeness (QED) is 0.596. The average molecular weight is 334 g/mol. The number of fused-ring (bicyclic) bond motifs is 5. The van der Waals surface area contributed by atoms with Gasteiger partial charge in [0.25, 0.3) is 0 Å². The number of hydrogen-bond donors (Lipinski definition) is 3. The van der Waals surface area contributed by atoms with Crippen molar-refractivity contribution in [2.24, 2.45) is 40.2 Å². The van der Waals surface area contributed by atoms with E-state index >= 15 is 0 Å². The lowest BCUT2D eigenvalue weighted by atomic mass is 9.43. The lowest BCUT2D eigenvalue weighted by Crippen LogP contribution is -2.64. The smallest absolute Gasteiger partial charge is 0.0836 e. The van der Waals surface area contributed by atoms with Gasteiger partial charge < -0.3 is 15.9 Å². The maximum absolute atomic E-state index is 11.1. The zero-order valence-corrected chi connectivity index (χ0v) is 15.5. The molecule has 3 nitrogen and oxygen atoms in total. The lowest BCUT2D eigenvalue weighted by molar-refractivity contribution is -0.210. The molecule has 0 spiro atoms. The van der Waals surface area contributed by atoms with Gasteiger partial charge in [-0.2, -0.15) is 0 Å². The number of nitrogens with two attached hydrogens (primary N) is 1. The molecule has 4 N–H and O–H groups in total. The van der Waals surface area contributed by atoms with Gasteiger partial charge in [0.2, 0.25) is 0 Å². The van der Waals surface area contributed by atoms with Crippen molar-refractivity contribution in [3.05, 3.63) is 11.6 Å². The fourth-order valence-electron chi connectivity index (χ4n) is 7.61. The Hall–Kier alpha value is -0.380. The minimum absolute atomic E-state index is 0.152. The summed E-state index contributed by atoms with van der Waals surface area (Å²) in [6.07, 6.45) is 9.01. The molecule has 0 aromatic rings. The van der Waals surface area contributed by atoms with E-state index in [0.717, 1.165) is 19.3 Å². The molecule has 0 amide bonds. The Labute approximate surface area is 146 Å². The molecular formula is C21H35NO2. The summed E-state index contributed by atoms with van der Waals surface area (Å²) in [6, 6.07) is 0.191. The minimum Gasteiger partial charge on any atom is -0.390 e. The van der Waals surface area contributed by atoms with Crippen LogP contribution in [0.5, 0.6) is 0 Å². The number of allylic oxidation sites excluding steroid dienone is 2. The highest BCUT2D eigenvalue weighted by Crippen LogP contribution is 2.67. The fraction of sp³-hybridized carbons (Fsp3) is 0.905. The second-order valence-electron chi connectivity index (χ2n) is 9.73. The van der Waals surface area contributed by atoms with Crippen molar-refractivity contribution in [1.29, 1.82) is 0 Å². The topological polar surface area (TPSA) is 66.5 Å². The van der Waals surface area contributed by atoms with Gasteiger partial charge in [-0.3, -0.25) is 0 Å². The highest BCUT2D eigenvalue weighted by Gasteiger charge is 2.63. The Kier molecular flexibility index (Phi) is 3.95. The van der Waals surface area contributed by atoms with Crippen molar-refractivity contribution in [1.82, 2.24) is 0 Å². The lowest BCUT2D eigenvalue weighted by Gasteiger charge is -2.63. The molecule has 0 aliphatic heterocycles. The minimum atomic E-state index is -0.598. The molecule has 24 heavy (non-hydrogen) atoms. The Morgan fingerprint density at radius 2 is 1.75 bits per heavy atom. The summed E-state index contributed by atoms with van der Waals surface area (Å²) in [4.78, 5) is 0. The molecule has 0 bridgehead atoms. The Balaban J connectivity index is 1.73. The van der Waals surface area contributed by atoms with E-state index in [4.69, 9.17) is 5.73 Å². The summed E-state index contributed by atoms with van der Waals surface area (Å²) in [5.41, 5.74) is 8.20. The molecule has 4 rings (SSSR count). The molecule has 0 saturated heterocycles. The van der Waals surface area contributed by atoms with Crippen LogP contribution in [0.25, 0.3) is 0 Å². The van der Waals surface area contributed by atoms with E-state index in [1.54, 1.807) is 5.57 Å². The van der Waals surface area contributed by atoms with Gasteiger partial charge in [-0.25, -0.2) is 0 Å². The van der Waals surface area contributed by atoms with E-state index < -0.39 is 12.2 Å². The largest absolute Gasteiger partial charge is 0.390 e. The average Bonchev–Trinajstić information content (AvgIpc) is 2.90. The van der Waals surface area contributed by atoms with Crippen LogP contribution in [0.2, 0.25) is 0 Å². The van der Waals surface area contributed by atoms with Crippen LogP contribution < -0.4 is 5.73 Å². The number of aliphatic hydroxyl groups excluding tert-OH is 2. The molecule has 9 atom stereocenters. The fourth-order valence-corrected chi connectivity index (χ4v) is 7.61. The van der Waals surface area contributed by atoms with Crippen molar-refractivity contribution < 1.29 is 10.2 Å². The molecule has 0 aromatic heterocycles. The first kappa shape index (κ1) is 17.1. The third-order valence-electron chi connectivity index (χ3n) is 8.99. The predicted molar refractivity (Wildman–Crippen MR) is 96.2 cm³/mol. The molecule has 4 aliphatic rings. The summed E-state index contributed by atoms with van der Waals surface area (Å²) < 4.78 is 0. The molecule has 4 aliphatic carbocycles. The standard InChI is InChI=1S/C21H35NO2/c1-4-12-5-6-14-17-15(8-10-20(12,14)2)21(3)9-7-13(22)11-16(21)18(23)19(17)24/h4,13-19,23-24H,5-11,22H2,1-3H3/b12-4+/t13-,14?,15?,16?,17?,18+,19?,20+,21+/m0/s1. The Morgan fingerprint density at radius 1 is 1.00 bits per heavy atom. The Bertz CT molecular complexity index is 546. The maximum atomic E-state index is 11.1. The zero-order valence-electron chi connectivity index (χ0n) is 15.5. The van der Waals surface area contributed by atoms with Crippen molar-refractivity contribution in [2.75, 3.05) is 0 Å². The zero-order chi connectivity index (χ0) is 17.3. The molecule has 3 heteroatoms. The molecule has 4 fully saturated rings. The van der Waals surface area contributed by atoms with E-state index in [9.17, 15) is 10.2 Å². The van der Waals surface area contributed by atoms with E-state index in [-0.39, 0.29) is 28.7 Å². The molecule has 0 radical (unpaired) electrons. The van der Waals surface area contributed by atoms with Gasteiger partial charge >= 0.3 is 0 Å². The van der Waals surface area contributed by atoms with E-state index in [1.165, 1.54) is 25.7 Å². The second kappa shape index (κ2) is 5.56. The van der Waals surface area contributed by atoms with Gasteiger partial charge in [0, 0.05) is 6.04 Å². The van der Waals surface area contributed by atoms with Gasteiger partial charge in [-0.1, -0.05) is 25.5 Å². The van der Waals surface area contributed by atoms with Gasteiger partial charge in [-0.15, -0.1) is 0 Å². The van der Waals surface area contributed by atoms with Crippen molar-refractivity contribution in [3.63, 3.8) is 0 Å². The molecule has 0 heterocycles. The van der Waals surface area contributed by atoms with E-state index in [1.807, 2.05) is 0 Å². The van der Waals surface area contributed by atoms with Crippen LogP contribution in [0.4, 0.5) is 0 Å². The molecular weight excluding hydrogens is 298 g/mol. The summed E-state index contributed by atoms with van der Waals surface area (Å²) in [7, 11) is 0.